The van der Waals surface area contributed by atoms with Crippen LogP contribution in [0.1, 0.15) is 29.4 Å². The monoisotopic (exact) mass is 332 g/mol. The van der Waals surface area contributed by atoms with Crippen molar-refractivity contribution in [1.82, 2.24) is 9.62 Å². The van der Waals surface area contributed by atoms with Crippen molar-refractivity contribution in [3.05, 3.63) is 16.3 Å². The van der Waals surface area contributed by atoms with E-state index in [-0.39, 0.29) is 9.77 Å². The Morgan fingerprint density at radius 3 is 2.95 bits per heavy atom. The second kappa shape index (κ2) is 6.87. The highest BCUT2D eigenvalue weighted by Gasteiger charge is 2.20. The maximum absolute atomic E-state index is 12.1. The predicted molar refractivity (Wildman–Crippen MR) is 81.3 cm³/mol. The Kier molecular flexibility index (Phi) is 5.37. The molecule has 1 aromatic rings. The molecule has 1 aliphatic rings. The summed E-state index contributed by atoms with van der Waals surface area (Å²) >= 11 is 0.917. The van der Waals surface area contributed by atoms with E-state index in [0.29, 0.717) is 19.0 Å². The van der Waals surface area contributed by atoms with Crippen LogP contribution in [0.3, 0.4) is 0 Å². The van der Waals surface area contributed by atoms with Crippen LogP contribution >= 0.6 is 11.3 Å². The second-order valence-corrected chi connectivity index (χ2v) is 8.08. The van der Waals surface area contributed by atoms with Gasteiger partial charge in [-0.05, 0) is 31.4 Å². The van der Waals surface area contributed by atoms with Gasteiger partial charge in [0, 0.05) is 25.0 Å². The first-order valence-corrected chi connectivity index (χ1v) is 9.28. The zero-order valence-corrected chi connectivity index (χ0v) is 13.5. The molecule has 0 radical (unpaired) electrons. The summed E-state index contributed by atoms with van der Waals surface area (Å²) in [6, 6.07) is 1.19. The number of carboxylic acid groups (broad SMARTS) is 1. The molecule has 0 bridgehead atoms. The molecule has 1 saturated heterocycles. The van der Waals surface area contributed by atoms with Crippen LogP contribution in [-0.2, 0) is 10.0 Å². The standard InChI is InChI=1S/C13H20N2O4S2/c1-10-3-2-5-15(8-10)6-4-14-21(18,19)11-7-12(13(16)17)20-9-11/h7,9-10,14H,2-6,8H2,1H3,(H,16,17)/t10-/m1/s1. The van der Waals surface area contributed by atoms with Crippen LogP contribution in [-0.4, -0.2) is 50.6 Å². The minimum atomic E-state index is -3.62. The van der Waals surface area contributed by atoms with E-state index in [1.807, 2.05) is 0 Å². The summed E-state index contributed by atoms with van der Waals surface area (Å²) in [4.78, 5) is 13.1. The van der Waals surface area contributed by atoms with Crippen LogP contribution in [0.5, 0.6) is 0 Å². The molecule has 0 spiro atoms. The number of nitrogens with zero attached hydrogens (tertiary/aromatic N) is 1. The van der Waals surface area contributed by atoms with Crippen molar-refractivity contribution in [1.29, 1.82) is 0 Å². The Morgan fingerprint density at radius 1 is 1.57 bits per heavy atom. The van der Waals surface area contributed by atoms with E-state index in [2.05, 4.69) is 16.5 Å². The molecule has 8 heteroatoms. The third kappa shape index (κ3) is 4.50. The first kappa shape index (κ1) is 16.4. The van der Waals surface area contributed by atoms with Crippen molar-refractivity contribution < 1.29 is 18.3 Å². The zero-order valence-electron chi connectivity index (χ0n) is 11.9. The second-order valence-electron chi connectivity index (χ2n) is 5.40. The van der Waals surface area contributed by atoms with Gasteiger partial charge in [0.15, 0.2) is 0 Å². The lowest BCUT2D eigenvalue weighted by Gasteiger charge is -2.30. The Labute approximate surface area is 128 Å². The molecule has 2 heterocycles. The highest BCUT2D eigenvalue weighted by molar-refractivity contribution is 7.89. The van der Waals surface area contributed by atoms with Crippen LogP contribution in [0.2, 0.25) is 0 Å². The number of sulfonamides is 1. The number of aromatic carboxylic acids is 1. The van der Waals surface area contributed by atoms with Gasteiger partial charge in [-0.3, -0.25) is 0 Å². The lowest BCUT2D eigenvalue weighted by molar-refractivity contribution is 0.0702. The topological polar surface area (TPSA) is 86.7 Å². The molecule has 0 aromatic carbocycles. The van der Waals surface area contributed by atoms with Gasteiger partial charge in [-0.15, -0.1) is 11.3 Å². The molecule has 1 fully saturated rings. The minimum absolute atomic E-state index is 0.0249. The average molecular weight is 332 g/mol. The van der Waals surface area contributed by atoms with Gasteiger partial charge in [0.2, 0.25) is 10.0 Å². The maximum atomic E-state index is 12.1. The van der Waals surface area contributed by atoms with E-state index in [4.69, 9.17) is 5.11 Å². The number of rotatable bonds is 6. The molecule has 2 N–H and O–H groups in total. The van der Waals surface area contributed by atoms with Gasteiger partial charge in [0.25, 0.3) is 0 Å². The summed E-state index contributed by atoms with van der Waals surface area (Å²) in [5, 5.41) is 10.2. The Hall–Kier alpha value is -0.960. The summed E-state index contributed by atoms with van der Waals surface area (Å²) in [5.74, 6) is -0.450. The van der Waals surface area contributed by atoms with Gasteiger partial charge in [0.05, 0.1) is 4.90 Å². The summed E-state index contributed by atoms with van der Waals surface area (Å²) in [7, 11) is -3.62. The maximum Gasteiger partial charge on any atom is 0.345 e. The van der Waals surface area contributed by atoms with Crippen LogP contribution < -0.4 is 4.72 Å². The van der Waals surface area contributed by atoms with E-state index >= 15 is 0 Å². The smallest absolute Gasteiger partial charge is 0.345 e. The molecular formula is C13H20N2O4S2. The largest absolute Gasteiger partial charge is 0.477 e. The number of carboxylic acids is 1. The molecule has 2 rings (SSSR count). The van der Waals surface area contributed by atoms with Gasteiger partial charge >= 0.3 is 5.97 Å². The van der Waals surface area contributed by atoms with Crippen molar-refractivity contribution >= 4 is 27.3 Å². The van der Waals surface area contributed by atoms with Crippen molar-refractivity contribution in [2.24, 2.45) is 5.92 Å². The van der Waals surface area contributed by atoms with E-state index < -0.39 is 16.0 Å². The first-order chi connectivity index (χ1) is 9.88. The van der Waals surface area contributed by atoms with Gasteiger partial charge in [-0.25, -0.2) is 17.9 Å². The molecule has 1 aliphatic heterocycles. The normalized spacial score (nSPS) is 20.5. The Bertz CT molecular complexity index is 597. The third-order valence-corrected chi connectivity index (χ3v) is 6.07. The fourth-order valence-electron chi connectivity index (χ4n) is 2.48. The third-order valence-electron chi connectivity index (χ3n) is 3.56. The summed E-state index contributed by atoms with van der Waals surface area (Å²) in [5.41, 5.74) is 0. The number of carbonyl (C=O) groups is 1. The van der Waals surface area contributed by atoms with Crippen LogP contribution in [0.4, 0.5) is 0 Å². The van der Waals surface area contributed by atoms with Crippen LogP contribution in [0, 0.1) is 5.92 Å². The molecule has 0 saturated carbocycles. The van der Waals surface area contributed by atoms with Crippen LogP contribution in [0.25, 0.3) is 0 Å². The first-order valence-electron chi connectivity index (χ1n) is 6.92. The number of hydrogen-bond donors (Lipinski definition) is 2. The number of nitrogens with one attached hydrogen (secondary N) is 1. The molecule has 118 valence electrons. The summed E-state index contributed by atoms with van der Waals surface area (Å²) in [6.07, 6.45) is 2.38. The van der Waals surface area contributed by atoms with E-state index in [1.165, 1.54) is 17.9 Å². The number of likely N-dealkylation sites (tertiary alicyclic amines) is 1. The predicted octanol–water partition coefficient (Wildman–Crippen LogP) is 1.46. The highest BCUT2D eigenvalue weighted by Crippen LogP contribution is 2.19. The zero-order chi connectivity index (χ0) is 15.5. The van der Waals surface area contributed by atoms with Crippen LogP contribution in [0.15, 0.2) is 16.3 Å². The molecule has 1 aromatic heterocycles. The molecule has 0 aliphatic carbocycles. The molecule has 6 nitrogen and oxygen atoms in total. The fraction of sp³-hybridized carbons (Fsp3) is 0.615. The highest BCUT2D eigenvalue weighted by atomic mass is 32.2. The molecule has 1 atom stereocenters. The fourth-order valence-corrected chi connectivity index (χ4v) is 4.62. The number of piperidine rings is 1. The molecule has 0 unspecified atom stereocenters. The summed E-state index contributed by atoms with van der Waals surface area (Å²) in [6.45, 7) is 5.24. The lowest BCUT2D eigenvalue weighted by Crippen LogP contribution is -2.40. The van der Waals surface area contributed by atoms with Gasteiger partial charge < -0.3 is 10.0 Å². The van der Waals surface area contributed by atoms with Gasteiger partial charge in [0.1, 0.15) is 4.88 Å². The van der Waals surface area contributed by atoms with Crippen molar-refractivity contribution in [3.63, 3.8) is 0 Å². The SMILES string of the molecule is C[C@@H]1CCCN(CCNS(=O)(=O)c2csc(C(=O)O)c2)C1. The Morgan fingerprint density at radius 2 is 2.33 bits per heavy atom. The summed E-state index contributed by atoms with van der Waals surface area (Å²) < 4.78 is 26.7. The minimum Gasteiger partial charge on any atom is -0.477 e. The van der Waals surface area contributed by atoms with Gasteiger partial charge in [-0.1, -0.05) is 6.92 Å². The van der Waals surface area contributed by atoms with E-state index in [1.54, 1.807) is 0 Å². The molecular weight excluding hydrogens is 312 g/mol. The number of hydrogen-bond acceptors (Lipinski definition) is 5. The van der Waals surface area contributed by atoms with Crippen molar-refractivity contribution in [2.75, 3.05) is 26.2 Å². The molecule has 0 amide bonds. The van der Waals surface area contributed by atoms with Crippen molar-refractivity contribution in [2.45, 2.75) is 24.7 Å². The average Bonchev–Trinajstić information content (AvgIpc) is 2.89. The van der Waals surface area contributed by atoms with Crippen molar-refractivity contribution in [3.8, 4) is 0 Å². The number of thiophene rings is 1. The lowest BCUT2D eigenvalue weighted by atomic mass is 10.0. The molecule has 21 heavy (non-hydrogen) atoms. The van der Waals surface area contributed by atoms with E-state index in [0.717, 1.165) is 30.8 Å². The quantitative estimate of drug-likeness (QED) is 0.823. The van der Waals surface area contributed by atoms with Gasteiger partial charge in [-0.2, -0.15) is 0 Å². The van der Waals surface area contributed by atoms with E-state index in [9.17, 15) is 13.2 Å². The Balaban J connectivity index is 1.87.